The lowest BCUT2D eigenvalue weighted by molar-refractivity contribution is 0.631. The lowest BCUT2D eigenvalue weighted by Gasteiger charge is -2.14. The molecule has 0 fully saturated rings. The second kappa shape index (κ2) is 6.10. The predicted octanol–water partition coefficient (Wildman–Crippen LogP) is 3.52. The maximum atomic E-state index is 13.8. The van der Waals surface area contributed by atoms with E-state index in [-0.39, 0.29) is 5.82 Å². The van der Waals surface area contributed by atoms with Crippen LogP contribution in [-0.2, 0) is 0 Å². The fraction of sp³-hybridized carbons (Fsp3) is 0.125. The van der Waals surface area contributed by atoms with E-state index in [9.17, 15) is 4.39 Å². The van der Waals surface area contributed by atoms with Gasteiger partial charge in [0.2, 0.25) is 0 Å². The molecule has 0 unspecified atom stereocenters. The number of halogens is 1. The van der Waals surface area contributed by atoms with Gasteiger partial charge in [-0.25, -0.2) is 4.39 Å². The molecule has 0 atom stereocenters. The van der Waals surface area contributed by atoms with Gasteiger partial charge in [-0.1, -0.05) is 54.2 Å². The zero-order chi connectivity index (χ0) is 14.7. The Bertz CT molecular complexity index is 708. The Balaban J connectivity index is 1.85. The lowest BCUT2D eigenvalue weighted by Crippen LogP contribution is -2.25. The molecular formula is C16H14FN3S. The van der Waals surface area contributed by atoms with Crippen LogP contribution in [0.15, 0.2) is 58.6 Å². The summed E-state index contributed by atoms with van der Waals surface area (Å²) in [7, 11) is 1.74. The third kappa shape index (κ3) is 2.97. The number of aliphatic imine (C=N–C) groups is 1. The van der Waals surface area contributed by atoms with E-state index in [0.717, 1.165) is 27.8 Å². The molecule has 106 valence electrons. The first kappa shape index (κ1) is 13.8. The summed E-state index contributed by atoms with van der Waals surface area (Å²) in [6.45, 7) is 0. The fourth-order valence-corrected chi connectivity index (χ4v) is 2.86. The number of hydrogen-bond donors (Lipinski definition) is 1. The Morgan fingerprint density at radius 1 is 1.10 bits per heavy atom. The molecule has 1 aliphatic rings. The van der Waals surface area contributed by atoms with Gasteiger partial charge in [0.15, 0.2) is 5.17 Å². The quantitative estimate of drug-likeness (QED) is 0.921. The van der Waals surface area contributed by atoms with Crippen LogP contribution in [0.1, 0.15) is 5.56 Å². The van der Waals surface area contributed by atoms with E-state index in [1.807, 2.05) is 30.3 Å². The Morgan fingerprint density at radius 2 is 1.81 bits per heavy atom. The molecule has 3 rings (SSSR count). The minimum Gasteiger partial charge on any atom is -0.265 e. The molecule has 0 saturated heterocycles. The van der Waals surface area contributed by atoms with Crippen LogP contribution in [-0.4, -0.2) is 23.7 Å². The number of nitrogens with zero attached hydrogens (tertiary/aromatic N) is 2. The van der Waals surface area contributed by atoms with E-state index < -0.39 is 0 Å². The first-order valence-electron chi connectivity index (χ1n) is 6.55. The monoisotopic (exact) mass is 299 g/mol. The normalized spacial score (nSPS) is 16.5. The summed E-state index contributed by atoms with van der Waals surface area (Å²) in [6, 6.07) is 14.6. The molecule has 0 aromatic heterocycles. The maximum absolute atomic E-state index is 13.8. The van der Waals surface area contributed by atoms with Crippen molar-refractivity contribution in [1.29, 1.82) is 0 Å². The highest BCUT2D eigenvalue weighted by atomic mass is 32.2. The minimum absolute atomic E-state index is 0.207. The summed E-state index contributed by atoms with van der Waals surface area (Å²) in [6.07, 6.45) is 0. The van der Waals surface area contributed by atoms with Gasteiger partial charge < -0.3 is 0 Å². The molecule has 5 heteroatoms. The summed E-state index contributed by atoms with van der Waals surface area (Å²) in [5, 5.41) is 5.13. The Hall–Kier alpha value is -2.14. The number of hydrogen-bond acceptors (Lipinski definition) is 3. The smallest absolute Gasteiger partial charge is 0.177 e. The Labute approximate surface area is 127 Å². The van der Waals surface area contributed by atoms with Crippen molar-refractivity contribution >= 4 is 22.6 Å². The molecule has 1 aliphatic heterocycles. The number of thioether (sulfide) groups is 1. The van der Waals surface area contributed by atoms with Crippen molar-refractivity contribution in [3.63, 3.8) is 0 Å². The van der Waals surface area contributed by atoms with Crippen molar-refractivity contribution in [2.75, 3.05) is 12.8 Å². The van der Waals surface area contributed by atoms with E-state index in [0.29, 0.717) is 5.56 Å². The van der Waals surface area contributed by atoms with E-state index in [1.54, 1.807) is 30.9 Å². The molecule has 1 N–H and O–H groups in total. The molecular weight excluding hydrogens is 285 g/mol. The van der Waals surface area contributed by atoms with Crippen molar-refractivity contribution in [3.8, 4) is 11.1 Å². The summed E-state index contributed by atoms with van der Waals surface area (Å²) in [5.74, 6) is 0.569. The zero-order valence-electron chi connectivity index (χ0n) is 11.5. The minimum atomic E-state index is -0.207. The second-order valence-electron chi connectivity index (χ2n) is 4.54. The van der Waals surface area contributed by atoms with Crippen LogP contribution in [0.3, 0.4) is 0 Å². The lowest BCUT2D eigenvalue weighted by atomic mass is 10.0. The second-order valence-corrected chi connectivity index (χ2v) is 5.51. The molecule has 3 nitrogen and oxygen atoms in total. The highest BCUT2D eigenvalue weighted by molar-refractivity contribution is 8.14. The third-order valence-corrected chi connectivity index (χ3v) is 4.20. The van der Waals surface area contributed by atoms with Crippen LogP contribution in [0.4, 0.5) is 4.39 Å². The van der Waals surface area contributed by atoms with Gasteiger partial charge in [0.05, 0.1) is 5.71 Å². The fourth-order valence-electron chi connectivity index (χ4n) is 2.12. The van der Waals surface area contributed by atoms with E-state index in [1.165, 1.54) is 6.07 Å². The van der Waals surface area contributed by atoms with Crippen LogP contribution in [0.25, 0.3) is 11.1 Å². The molecule has 0 spiro atoms. The van der Waals surface area contributed by atoms with Crippen molar-refractivity contribution in [2.24, 2.45) is 10.1 Å². The highest BCUT2D eigenvalue weighted by Crippen LogP contribution is 2.23. The van der Waals surface area contributed by atoms with E-state index in [4.69, 9.17) is 0 Å². The van der Waals surface area contributed by atoms with Gasteiger partial charge in [-0.3, -0.25) is 10.4 Å². The van der Waals surface area contributed by atoms with Gasteiger partial charge in [-0.05, 0) is 17.2 Å². The molecule has 1 heterocycles. The van der Waals surface area contributed by atoms with Crippen LogP contribution in [0.5, 0.6) is 0 Å². The molecule has 21 heavy (non-hydrogen) atoms. The van der Waals surface area contributed by atoms with Gasteiger partial charge >= 0.3 is 0 Å². The molecule has 0 aliphatic carbocycles. The van der Waals surface area contributed by atoms with Crippen LogP contribution < -0.4 is 5.43 Å². The number of benzene rings is 2. The first-order chi connectivity index (χ1) is 10.3. The molecule has 2 aromatic rings. The van der Waals surface area contributed by atoms with Crippen molar-refractivity contribution in [2.45, 2.75) is 0 Å². The number of amidine groups is 1. The SMILES string of the molecule is CN=C1NN=C(c2ccc(-c3ccccc3F)cc2)CS1. The number of nitrogens with one attached hydrogen (secondary N) is 1. The van der Waals surface area contributed by atoms with Crippen LogP contribution >= 0.6 is 11.8 Å². The first-order valence-corrected chi connectivity index (χ1v) is 7.54. The summed E-state index contributed by atoms with van der Waals surface area (Å²) >= 11 is 1.62. The van der Waals surface area contributed by atoms with Gasteiger partial charge in [0.25, 0.3) is 0 Å². The van der Waals surface area contributed by atoms with Gasteiger partial charge in [0, 0.05) is 18.4 Å². The number of hydrazone groups is 1. The van der Waals surface area contributed by atoms with Crippen LogP contribution in [0, 0.1) is 5.82 Å². The zero-order valence-corrected chi connectivity index (χ0v) is 12.3. The van der Waals surface area contributed by atoms with Gasteiger partial charge in [-0.2, -0.15) is 5.10 Å². The molecule has 0 saturated carbocycles. The third-order valence-electron chi connectivity index (χ3n) is 3.24. The average molecular weight is 299 g/mol. The summed E-state index contributed by atoms with van der Waals surface area (Å²) in [4.78, 5) is 4.06. The van der Waals surface area contributed by atoms with Crippen LogP contribution in [0.2, 0.25) is 0 Å². The topological polar surface area (TPSA) is 36.8 Å². The standard InChI is InChI=1S/C16H14FN3S/c1-18-16-20-19-15(10-21-16)12-8-6-11(7-9-12)13-4-2-3-5-14(13)17/h2-9H,10H2,1H3,(H,18,20). The summed E-state index contributed by atoms with van der Waals surface area (Å²) < 4.78 is 13.8. The predicted molar refractivity (Wildman–Crippen MR) is 87.3 cm³/mol. The molecule has 0 amide bonds. The van der Waals surface area contributed by atoms with Gasteiger partial charge in [0.1, 0.15) is 5.82 Å². The van der Waals surface area contributed by atoms with Crippen molar-refractivity contribution in [3.05, 3.63) is 59.9 Å². The van der Waals surface area contributed by atoms with Crippen molar-refractivity contribution < 1.29 is 4.39 Å². The van der Waals surface area contributed by atoms with E-state index >= 15 is 0 Å². The largest absolute Gasteiger partial charge is 0.265 e. The molecule has 0 bridgehead atoms. The maximum Gasteiger partial charge on any atom is 0.177 e. The highest BCUT2D eigenvalue weighted by Gasteiger charge is 2.12. The van der Waals surface area contributed by atoms with E-state index in [2.05, 4.69) is 15.5 Å². The Kier molecular flexibility index (Phi) is 4.01. The summed E-state index contributed by atoms with van der Waals surface area (Å²) in [5.41, 5.74) is 6.39. The average Bonchev–Trinajstić information content (AvgIpc) is 2.56. The number of rotatable bonds is 2. The van der Waals surface area contributed by atoms with Gasteiger partial charge in [-0.15, -0.1) is 0 Å². The van der Waals surface area contributed by atoms with Crippen molar-refractivity contribution in [1.82, 2.24) is 5.43 Å². The Morgan fingerprint density at radius 3 is 2.43 bits per heavy atom. The molecule has 2 aromatic carbocycles. The molecule has 0 radical (unpaired) electrons.